The number of carbonyl (C=O) groups excluding carboxylic acids is 3. The predicted octanol–water partition coefficient (Wildman–Crippen LogP) is 10.7. The number of nitrogens with zero attached hydrogens (tertiary/aromatic N) is 9. The van der Waals surface area contributed by atoms with Crippen molar-refractivity contribution in [2.75, 3.05) is 62.3 Å². The van der Waals surface area contributed by atoms with Crippen LogP contribution in [0.15, 0.2) is 110 Å². The Balaban J connectivity index is 0.000000294. The van der Waals surface area contributed by atoms with Gasteiger partial charge in [0.2, 0.25) is 17.7 Å². The lowest BCUT2D eigenvalue weighted by atomic mass is 9.86. The number of hydrogen-bond donors (Lipinski definition) is 2. The van der Waals surface area contributed by atoms with E-state index < -0.39 is 33.0 Å². The van der Waals surface area contributed by atoms with E-state index in [1.54, 1.807) is 12.4 Å². The van der Waals surface area contributed by atoms with Crippen LogP contribution in [0.2, 0.25) is 0 Å². The number of sulfone groups is 1. The average molecular weight is 1160 g/mol. The molecule has 0 bridgehead atoms. The molecule has 444 valence electrons. The molecule has 2 aliphatic heterocycles. The van der Waals surface area contributed by atoms with E-state index in [1.807, 2.05) is 128 Å². The van der Waals surface area contributed by atoms with Crippen LogP contribution in [-0.2, 0) is 24.2 Å². The van der Waals surface area contributed by atoms with E-state index in [0.29, 0.717) is 70.6 Å². The summed E-state index contributed by atoms with van der Waals surface area (Å²) in [6.45, 7) is 11.7. The molecule has 6 heterocycles. The Hall–Kier alpha value is -7.69. The Bertz CT molecular complexity index is 3180. The van der Waals surface area contributed by atoms with Crippen LogP contribution in [0.1, 0.15) is 112 Å². The van der Waals surface area contributed by atoms with E-state index in [1.165, 1.54) is 29.4 Å². The Kier molecular flexibility index (Phi) is 25.0. The first-order chi connectivity index (χ1) is 39.1. The molecule has 0 unspecified atom stereocenters. The van der Waals surface area contributed by atoms with Crippen LogP contribution in [0.4, 0.5) is 23.6 Å². The first kappa shape index (κ1) is 65.1. The molecule has 3 amide bonds. The Labute approximate surface area is 481 Å². The van der Waals surface area contributed by atoms with Crippen LogP contribution in [0.3, 0.4) is 0 Å². The first-order valence-electron chi connectivity index (χ1n) is 28.0. The molecule has 3 aliphatic carbocycles. The minimum atomic E-state index is -2.89. The van der Waals surface area contributed by atoms with Crippen molar-refractivity contribution in [3.05, 3.63) is 121 Å². The normalized spacial score (nSPS) is 18.2. The lowest BCUT2D eigenvalue weighted by Gasteiger charge is -2.28. The van der Waals surface area contributed by atoms with Crippen molar-refractivity contribution >= 4 is 38.8 Å². The minimum absolute atomic E-state index is 0. The van der Waals surface area contributed by atoms with E-state index >= 15 is 0 Å². The standard InChI is InChI=1S/C18H17FN4O2S.C18H17N3O2.C11H14F2N2O.C9H14N2O.2C2H6.FH.2H2/c19-17-2-1-7-20-18(17)23-13-15(12-21-23)14-3-5-16(6-4-14)22-8-10-26(24,25)11-9-22;22-18(20-9-11-23-12-10-20)15-6-4-14(5-7-15)16-13-19-21-8-2-1-3-17(16)21;12-11(13)3-1-2-8(6-11)9(16)15-10(7-14)4-5-10;10-6-7-11-9(12)8-4-2-1-3-5-8;2*1-2;;;/h1-7,12-13H,8-11H2;1-8,13H,9-12H2;8H,1-6H2,(H,15,16);8H,1-5,7H2,(H,11,12);2*1-2H3;3*1H/t;;8-;;;;;;/m..0....../s1. The third-order valence-electron chi connectivity index (χ3n) is 14.3. The summed E-state index contributed by atoms with van der Waals surface area (Å²) in [5.74, 6) is -3.31. The second kappa shape index (κ2) is 31.5. The van der Waals surface area contributed by atoms with Gasteiger partial charge in [0.05, 0.1) is 54.8 Å². The first-order valence-corrected chi connectivity index (χ1v) is 29.8. The highest BCUT2D eigenvalue weighted by atomic mass is 32.2. The highest BCUT2D eigenvalue weighted by Gasteiger charge is 2.47. The predicted molar refractivity (Wildman–Crippen MR) is 312 cm³/mol. The van der Waals surface area contributed by atoms with Crippen molar-refractivity contribution in [2.24, 2.45) is 11.8 Å². The van der Waals surface area contributed by atoms with Crippen molar-refractivity contribution in [3.8, 4) is 40.2 Å². The third kappa shape index (κ3) is 18.4. The molecule has 1 atom stereocenters. The van der Waals surface area contributed by atoms with Crippen LogP contribution < -0.4 is 15.5 Å². The number of ether oxygens (including phenoxy) is 1. The van der Waals surface area contributed by atoms with E-state index in [-0.39, 0.29) is 67.9 Å². The lowest BCUT2D eigenvalue weighted by Crippen LogP contribution is -2.43. The number of pyridine rings is 2. The Morgan fingerprint density at radius 2 is 1.43 bits per heavy atom. The number of aromatic nitrogens is 5. The number of rotatable bonds is 9. The third-order valence-corrected chi connectivity index (χ3v) is 15.9. The number of hydrogen-bond acceptors (Lipinski definition) is 12. The summed E-state index contributed by atoms with van der Waals surface area (Å²) in [6.07, 6.45) is 15.9. The topological polar surface area (TPSA) is 221 Å². The quantitative estimate of drug-likeness (QED) is 0.102. The molecule has 17 nitrogen and oxygen atoms in total. The number of halogens is 4. The zero-order valence-electron chi connectivity index (χ0n) is 47.1. The molecule has 0 radical (unpaired) electrons. The zero-order valence-corrected chi connectivity index (χ0v) is 47.9. The highest BCUT2D eigenvalue weighted by molar-refractivity contribution is 7.91. The van der Waals surface area contributed by atoms with Gasteiger partial charge in [0.15, 0.2) is 21.5 Å². The molecule has 3 saturated carbocycles. The van der Waals surface area contributed by atoms with Crippen molar-refractivity contribution in [2.45, 2.75) is 110 Å². The molecule has 82 heavy (non-hydrogen) atoms. The fraction of sp³-hybridized carbons (Fsp3) is 0.467. The number of nitriles is 2. The van der Waals surface area contributed by atoms with E-state index in [0.717, 1.165) is 59.1 Å². The van der Waals surface area contributed by atoms with Crippen molar-refractivity contribution < 1.29 is 48.3 Å². The van der Waals surface area contributed by atoms with Crippen LogP contribution in [0.25, 0.3) is 33.6 Å². The van der Waals surface area contributed by atoms with Gasteiger partial charge in [-0.05, 0) is 98.2 Å². The van der Waals surface area contributed by atoms with Crippen LogP contribution >= 0.6 is 0 Å². The summed E-state index contributed by atoms with van der Waals surface area (Å²) in [6, 6.07) is 28.4. The molecule has 2 saturated heterocycles. The molecule has 2 N–H and O–H groups in total. The summed E-state index contributed by atoms with van der Waals surface area (Å²) < 4.78 is 71.7. The molecule has 5 fully saturated rings. The van der Waals surface area contributed by atoms with E-state index in [2.05, 4.69) is 30.7 Å². The Morgan fingerprint density at radius 1 is 0.768 bits per heavy atom. The van der Waals surface area contributed by atoms with Gasteiger partial charge in [0, 0.05) is 94.7 Å². The molecule has 11 rings (SSSR count). The molecule has 0 spiro atoms. The molecule has 5 aliphatic rings. The molecule has 4 aromatic heterocycles. The van der Waals surface area contributed by atoms with Gasteiger partial charge < -0.3 is 25.2 Å². The van der Waals surface area contributed by atoms with Gasteiger partial charge in [-0.2, -0.15) is 20.7 Å². The molecular formula is C60H79F4N11O6S. The molecule has 6 aromatic rings. The van der Waals surface area contributed by atoms with Gasteiger partial charge in [-0.25, -0.2) is 35.8 Å². The summed E-state index contributed by atoms with van der Waals surface area (Å²) >= 11 is 0. The number of alkyl halides is 2. The summed E-state index contributed by atoms with van der Waals surface area (Å²) in [5, 5.41) is 30.8. The smallest absolute Gasteiger partial charge is 0.254 e. The van der Waals surface area contributed by atoms with Crippen molar-refractivity contribution in [3.63, 3.8) is 0 Å². The second-order valence-electron chi connectivity index (χ2n) is 19.8. The van der Waals surface area contributed by atoms with Gasteiger partial charge in [-0.3, -0.25) is 19.1 Å². The van der Waals surface area contributed by atoms with E-state index in [9.17, 15) is 36.0 Å². The fourth-order valence-electron chi connectivity index (χ4n) is 9.63. The highest BCUT2D eigenvalue weighted by Crippen LogP contribution is 2.39. The maximum atomic E-state index is 13.8. The number of benzene rings is 2. The van der Waals surface area contributed by atoms with Gasteiger partial charge >= 0.3 is 0 Å². The van der Waals surface area contributed by atoms with Crippen LogP contribution in [0, 0.1) is 40.3 Å². The average Bonchev–Trinajstić information content (AvgIpc) is 3.33. The molecular weight excluding hydrogens is 1080 g/mol. The summed E-state index contributed by atoms with van der Waals surface area (Å²) in [4.78, 5) is 43.4. The number of amides is 3. The van der Waals surface area contributed by atoms with Gasteiger partial charge in [-0.15, -0.1) is 0 Å². The molecule has 2 aromatic carbocycles. The minimum Gasteiger partial charge on any atom is -0.378 e. The van der Waals surface area contributed by atoms with Crippen LogP contribution in [-0.4, -0.2) is 124 Å². The number of carbonyl (C=O) groups is 3. The number of fused-ring (bicyclic) bond motifs is 1. The lowest BCUT2D eigenvalue weighted by molar-refractivity contribution is -0.132. The monoisotopic (exact) mass is 1160 g/mol. The summed E-state index contributed by atoms with van der Waals surface area (Å²) in [5.41, 5.74) is 5.94. The van der Waals surface area contributed by atoms with Gasteiger partial charge in [0.1, 0.15) is 12.1 Å². The second-order valence-corrected chi connectivity index (χ2v) is 22.1. The fourth-order valence-corrected chi connectivity index (χ4v) is 10.8. The number of morpholine rings is 1. The number of nitrogens with one attached hydrogen (secondary N) is 2. The molecule has 22 heteroatoms. The zero-order chi connectivity index (χ0) is 58.4. The van der Waals surface area contributed by atoms with Crippen molar-refractivity contribution in [1.82, 2.24) is 39.9 Å². The van der Waals surface area contributed by atoms with E-state index in [4.69, 9.17) is 15.3 Å². The maximum absolute atomic E-state index is 13.8. The van der Waals surface area contributed by atoms with Gasteiger partial charge in [0.25, 0.3) is 5.91 Å². The number of anilines is 1. The summed E-state index contributed by atoms with van der Waals surface area (Å²) in [7, 11) is -2.89. The van der Waals surface area contributed by atoms with Crippen LogP contribution in [0.5, 0.6) is 0 Å². The van der Waals surface area contributed by atoms with Crippen molar-refractivity contribution in [1.29, 1.82) is 10.5 Å². The Morgan fingerprint density at radius 3 is 2.05 bits per heavy atom. The maximum Gasteiger partial charge on any atom is 0.254 e. The SMILES string of the molecule is CC.CC.F.N#CC1(NC(=O)[C@H]2CCCC(F)(F)C2)CC1.N#CCNC(=O)C1CCCCC1.O=C(c1ccc(-c2cnn3ccccc23)cc1)N1CCOCC1.O=S1(=O)CCN(c2ccc(-c3cnn(-c4ncccc4F)c3)cc2)CC1.[HH].[HH]. The largest absolute Gasteiger partial charge is 0.378 e. The van der Waals surface area contributed by atoms with Gasteiger partial charge in [-0.1, -0.05) is 77.3 Å².